The molecular weight excluding hydrogens is 586 g/mol. The number of nitrogens with zero attached hydrogens (tertiary/aromatic N) is 2. The molecule has 2 aliphatic heterocycles. The quantitative estimate of drug-likeness (QED) is 0.255. The van der Waals surface area contributed by atoms with Crippen LogP contribution in [0.2, 0.25) is 0 Å². The molecule has 0 radical (unpaired) electrons. The van der Waals surface area contributed by atoms with E-state index in [1.165, 1.54) is 0 Å². The molecule has 0 aliphatic carbocycles. The predicted octanol–water partition coefficient (Wildman–Crippen LogP) is 6.04. The van der Waals surface area contributed by atoms with Gasteiger partial charge in [0.15, 0.2) is 11.3 Å². The van der Waals surface area contributed by atoms with Crippen LogP contribution in [0.5, 0.6) is 0 Å². The zero-order valence-electron chi connectivity index (χ0n) is 24.7. The third-order valence-corrected chi connectivity index (χ3v) is 8.70. The van der Waals surface area contributed by atoms with Crippen LogP contribution in [0.3, 0.4) is 0 Å². The highest BCUT2D eigenvalue weighted by Crippen LogP contribution is 2.38. The van der Waals surface area contributed by atoms with Gasteiger partial charge in [0.05, 0.1) is 28.6 Å². The third-order valence-electron chi connectivity index (χ3n) is 8.13. The van der Waals surface area contributed by atoms with Crippen molar-refractivity contribution >= 4 is 41.5 Å². The molecule has 0 unspecified atom stereocenters. The highest BCUT2D eigenvalue weighted by Gasteiger charge is 2.54. The minimum absolute atomic E-state index is 0.378. The van der Waals surface area contributed by atoms with E-state index in [2.05, 4.69) is 25.9 Å². The summed E-state index contributed by atoms with van der Waals surface area (Å²) >= 11 is 3.43. The van der Waals surface area contributed by atoms with E-state index in [9.17, 15) is 0 Å². The van der Waals surface area contributed by atoms with Gasteiger partial charge in [-0.25, -0.2) is 9.97 Å². The lowest BCUT2D eigenvalue weighted by Gasteiger charge is -2.32. The first-order chi connectivity index (χ1) is 19.2. The minimum atomic E-state index is -0.561. The maximum Gasteiger partial charge on any atom is 0.535 e. The number of oxazole rings is 2. The highest BCUT2D eigenvalue weighted by molar-refractivity contribution is 9.10. The van der Waals surface area contributed by atoms with Crippen molar-refractivity contribution in [2.24, 2.45) is 0 Å². The van der Waals surface area contributed by atoms with Crippen molar-refractivity contribution in [3.8, 4) is 22.9 Å². The Morgan fingerprint density at radius 2 is 1.02 bits per heavy atom. The van der Waals surface area contributed by atoms with Gasteiger partial charge < -0.3 is 27.5 Å². The Hall–Kier alpha value is -2.69. The summed E-state index contributed by atoms with van der Waals surface area (Å²) in [5.41, 5.74) is 1.45. The molecule has 2 aromatic heterocycles. The summed E-state index contributed by atoms with van der Waals surface area (Å²) in [5.74, 6) is 1.13. The van der Waals surface area contributed by atoms with Gasteiger partial charge in [-0.2, -0.15) is 0 Å². The van der Waals surface area contributed by atoms with Crippen LogP contribution < -0.4 is 11.3 Å². The molecule has 214 valence electrons. The van der Waals surface area contributed by atoms with Crippen LogP contribution in [-0.2, 0) is 18.6 Å². The van der Waals surface area contributed by atoms with Crippen molar-refractivity contribution in [3.05, 3.63) is 71.5 Å². The zero-order chi connectivity index (χ0) is 29.6. The molecule has 0 atom stereocenters. The molecular formula is C30H35B2BrN2O6. The number of rotatable bonds is 4. The summed E-state index contributed by atoms with van der Waals surface area (Å²) in [6.07, 6.45) is 1.67. The van der Waals surface area contributed by atoms with Crippen LogP contribution >= 0.6 is 15.9 Å². The lowest BCUT2D eigenvalue weighted by molar-refractivity contribution is 0.00578. The maximum atomic E-state index is 5.99. The first-order valence-corrected chi connectivity index (χ1v) is 14.4. The van der Waals surface area contributed by atoms with Gasteiger partial charge in [-0.3, -0.25) is 0 Å². The van der Waals surface area contributed by atoms with Crippen molar-refractivity contribution in [1.29, 1.82) is 0 Å². The fourth-order valence-electron chi connectivity index (χ4n) is 4.18. The summed E-state index contributed by atoms with van der Waals surface area (Å²) in [4.78, 5) is 8.71. The normalized spacial score (nSPS) is 20.1. The molecule has 2 aliphatic rings. The Labute approximate surface area is 250 Å². The fraction of sp³-hybridized carbons (Fsp3) is 0.400. The van der Waals surface area contributed by atoms with E-state index in [0.29, 0.717) is 27.7 Å². The highest BCUT2D eigenvalue weighted by atomic mass is 79.9. The van der Waals surface area contributed by atoms with Gasteiger partial charge in [0.1, 0.15) is 4.60 Å². The van der Waals surface area contributed by atoms with Gasteiger partial charge in [-0.15, -0.1) is 0 Å². The van der Waals surface area contributed by atoms with E-state index in [0.717, 1.165) is 11.1 Å². The van der Waals surface area contributed by atoms with Crippen LogP contribution in [0.25, 0.3) is 22.9 Å². The van der Waals surface area contributed by atoms with Gasteiger partial charge in [0.25, 0.3) is 0 Å². The average molecular weight is 621 g/mol. The summed E-state index contributed by atoms with van der Waals surface area (Å²) in [6, 6.07) is 19.5. The summed E-state index contributed by atoms with van der Waals surface area (Å²) < 4.78 is 36.1. The topological polar surface area (TPSA) is 89.0 Å². The van der Waals surface area contributed by atoms with Crippen molar-refractivity contribution in [3.63, 3.8) is 0 Å². The minimum Gasteiger partial charge on any atom is -0.445 e. The Bertz CT molecular complexity index is 1460. The Balaban J connectivity index is 0.000000165. The van der Waals surface area contributed by atoms with Crippen LogP contribution in [0.4, 0.5) is 0 Å². The van der Waals surface area contributed by atoms with Crippen LogP contribution in [0, 0.1) is 0 Å². The maximum absolute atomic E-state index is 5.99. The Morgan fingerprint density at radius 3 is 1.51 bits per heavy atom. The molecule has 0 bridgehead atoms. The van der Waals surface area contributed by atoms with Crippen molar-refractivity contribution in [2.75, 3.05) is 0 Å². The van der Waals surface area contributed by atoms with Crippen molar-refractivity contribution in [1.82, 2.24) is 9.97 Å². The average Bonchev–Trinajstić information content (AvgIpc) is 3.65. The van der Waals surface area contributed by atoms with Crippen molar-refractivity contribution in [2.45, 2.75) is 77.8 Å². The number of hydrogen-bond donors (Lipinski definition) is 0. The van der Waals surface area contributed by atoms with Crippen LogP contribution in [0.1, 0.15) is 55.4 Å². The van der Waals surface area contributed by atoms with Gasteiger partial charge >= 0.3 is 14.2 Å². The largest absolute Gasteiger partial charge is 0.535 e. The Morgan fingerprint density at radius 1 is 0.585 bits per heavy atom. The summed E-state index contributed by atoms with van der Waals surface area (Å²) in [6.45, 7) is 16.1. The molecule has 0 N–H and O–H groups in total. The van der Waals surface area contributed by atoms with Gasteiger partial charge in [0.2, 0.25) is 11.8 Å². The SMILES string of the molecule is CC1(C)OB(c2cnc(-c3ccccc3)o2)OC1(C)C.CC1(C)OB(c2oc(-c3ccccc3)nc2Br)OC1(C)C. The number of hydrogen-bond acceptors (Lipinski definition) is 8. The number of aromatic nitrogens is 2. The first-order valence-electron chi connectivity index (χ1n) is 13.6. The smallest absolute Gasteiger partial charge is 0.445 e. The first kappa shape index (κ1) is 29.8. The molecule has 2 fully saturated rings. The fourth-order valence-corrected chi connectivity index (χ4v) is 4.61. The van der Waals surface area contributed by atoms with E-state index in [-0.39, 0.29) is 11.2 Å². The molecule has 41 heavy (non-hydrogen) atoms. The van der Waals surface area contributed by atoms with E-state index in [1.807, 2.05) is 116 Å². The zero-order valence-corrected chi connectivity index (χ0v) is 26.3. The molecule has 4 heterocycles. The second kappa shape index (κ2) is 10.9. The Kier molecular flexibility index (Phi) is 7.89. The lowest BCUT2D eigenvalue weighted by atomic mass is 9.87. The molecule has 2 aromatic carbocycles. The summed E-state index contributed by atoms with van der Waals surface area (Å²) in [5, 5.41) is 0. The number of halogens is 1. The van der Waals surface area contributed by atoms with Gasteiger partial charge in [-0.05, 0) is 95.6 Å². The molecule has 0 spiro atoms. The van der Waals surface area contributed by atoms with E-state index in [4.69, 9.17) is 27.5 Å². The molecule has 11 heteroatoms. The van der Waals surface area contributed by atoms with Crippen LogP contribution in [-0.4, -0.2) is 46.6 Å². The third kappa shape index (κ3) is 5.96. The molecule has 2 saturated heterocycles. The molecule has 6 rings (SSSR count). The van der Waals surface area contributed by atoms with E-state index < -0.39 is 25.4 Å². The molecule has 0 saturated carbocycles. The summed E-state index contributed by atoms with van der Waals surface area (Å²) in [7, 11) is -1.07. The molecule has 4 aromatic rings. The monoisotopic (exact) mass is 620 g/mol. The van der Waals surface area contributed by atoms with Gasteiger partial charge in [0, 0.05) is 11.1 Å². The van der Waals surface area contributed by atoms with Gasteiger partial charge in [-0.1, -0.05) is 36.4 Å². The van der Waals surface area contributed by atoms with Crippen LogP contribution in [0.15, 0.2) is 80.3 Å². The van der Waals surface area contributed by atoms with Crippen molar-refractivity contribution < 1.29 is 27.5 Å². The van der Waals surface area contributed by atoms with E-state index in [1.54, 1.807) is 6.20 Å². The van der Waals surface area contributed by atoms with E-state index >= 15 is 0 Å². The molecule has 0 amide bonds. The number of benzene rings is 2. The second-order valence-electron chi connectivity index (χ2n) is 12.2. The second-order valence-corrected chi connectivity index (χ2v) is 12.9. The molecule has 8 nitrogen and oxygen atoms in total. The lowest BCUT2D eigenvalue weighted by Crippen LogP contribution is -2.41. The predicted molar refractivity (Wildman–Crippen MR) is 163 cm³/mol. The standard InChI is InChI=1S/C15H17BBrNO3.C15H18BNO3/c1-14(2)15(3,4)21-16(20-14)11-12(17)18-13(19-11)10-8-6-5-7-9-10;1-14(2)15(3,4)20-16(19-14)12-10-17-13(18-12)11-8-6-5-7-9-11/h5-9H,1-4H3;5-10H,1-4H3.